The van der Waals surface area contributed by atoms with Gasteiger partial charge < -0.3 is 0 Å². The molecule has 1 rings (SSSR count). The molecule has 0 saturated carbocycles. The van der Waals surface area contributed by atoms with E-state index < -0.39 is 0 Å². The highest BCUT2D eigenvalue weighted by Crippen LogP contribution is 2.23. The van der Waals surface area contributed by atoms with Gasteiger partial charge in [0.1, 0.15) is 4.60 Å². The summed E-state index contributed by atoms with van der Waals surface area (Å²) in [6, 6.07) is 0. The van der Waals surface area contributed by atoms with E-state index in [1.54, 1.807) is 6.20 Å². The number of aromatic nitrogens is 2. The smallest absolute Gasteiger partial charge is 0.124 e. The molecule has 0 atom stereocenters. The fourth-order valence-electron chi connectivity index (χ4n) is 1.14. The Morgan fingerprint density at radius 1 is 1.33 bits per heavy atom. The molecule has 0 N–H and O–H groups in total. The molecule has 0 saturated heterocycles. The van der Waals surface area contributed by atoms with Gasteiger partial charge >= 0.3 is 0 Å². The molecule has 0 spiro atoms. The van der Waals surface area contributed by atoms with Gasteiger partial charge in [-0.25, -0.2) is 4.98 Å². The van der Waals surface area contributed by atoms with Crippen LogP contribution in [0.25, 0.3) is 0 Å². The summed E-state index contributed by atoms with van der Waals surface area (Å²) in [7, 11) is 0. The molecule has 0 radical (unpaired) electrons. The minimum Gasteiger partial charge on any atom is -0.257 e. The lowest BCUT2D eigenvalue weighted by molar-refractivity contribution is 0.558. The average Bonchev–Trinajstić information content (AvgIpc) is 1.92. The van der Waals surface area contributed by atoms with E-state index in [1.807, 2.05) is 6.92 Å². The molecule has 1 aromatic heterocycles. The van der Waals surface area contributed by atoms with E-state index in [2.05, 4.69) is 46.7 Å². The van der Waals surface area contributed by atoms with Crippen LogP contribution in [0.5, 0.6) is 0 Å². The van der Waals surface area contributed by atoms with Gasteiger partial charge in [-0.15, -0.1) is 0 Å². The maximum atomic E-state index is 4.40. The zero-order valence-electron chi connectivity index (χ0n) is 7.85. The van der Waals surface area contributed by atoms with Crippen LogP contribution in [-0.2, 0) is 5.41 Å². The van der Waals surface area contributed by atoms with Gasteiger partial charge in [0.2, 0.25) is 0 Å². The van der Waals surface area contributed by atoms with Crippen molar-refractivity contribution in [2.24, 2.45) is 0 Å². The minimum absolute atomic E-state index is 0.0703. The van der Waals surface area contributed by atoms with Crippen molar-refractivity contribution >= 4 is 15.9 Å². The van der Waals surface area contributed by atoms with Gasteiger partial charge in [0.15, 0.2) is 0 Å². The first-order chi connectivity index (χ1) is 5.41. The van der Waals surface area contributed by atoms with Crippen LogP contribution in [0, 0.1) is 6.92 Å². The topological polar surface area (TPSA) is 25.8 Å². The third-order valence-electron chi connectivity index (χ3n) is 1.64. The summed E-state index contributed by atoms with van der Waals surface area (Å²) in [6.07, 6.45) is 1.73. The molecule has 0 amide bonds. The fourth-order valence-corrected chi connectivity index (χ4v) is 1.42. The monoisotopic (exact) mass is 228 g/mol. The summed E-state index contributed by atoms with van der Waals surface area (Å²) in [4.78, 5) is 8.63. The summed E-state index contributed by atoms with van der Waals surface area (Å²) in [6.45, 7) is 8.39. The van der Waals surface area contributed by atoms with Crippen molar-refractivity contribution < 1.29 is 0 Å². The Balaban J connectivity index is 3.23. The summed E-state index contributed by atoms with van der Waals surface area (Å²) in [5.74, 6) is 0. The van der Waals surface area contributed by atoms with Gasteiger partial charge in [-0.2, -0.15) is 0 Å². The molecule has 1 heterocycles. The molecule has 1 aromatic rings. The molecule has 0 fully saturated rings. The predicted octanol–water partition coefficient (Wildman–Crippen LogP) is 2.85. The van der Waals surface area contributed by atoms with Gasteiger partial charge in [0.25, 0.3) is 0 Å². The Bertz CT molecular complexity index is 289. The van der Waals surface area contributed by atoms with E-state index in [9.17, 15) is 0 Å². The van der Waals surface area contributed by atoms with E-state index in [0.717, 1.165) is 16.0 Å². The summed E-state index contributed by atoms with van der Waals surface area (Å²) in [5, 5.41) is 0. The van der Waals surface area contributed by atoms with Crippen molar-refractivity contribution in [3.8, 4) is 0 Å². The van der Waals surface area contributed by atoms with E-state index >= 15 is 0 Å². The van der Waals surface area contributed by atoms with Crippen LogP contribution in [0.3, 0.4) is 0 Å². The largest absolute Gasteiger partial charge is 0.257 e. The standard InChI is InChI=1S/C9H13BrN2/c1-6-8(9(2,3)4)12-7(10)5-11-6/h5H,1-4H3. The zero-order chi connectivity index (χ0) is 9.35. The van der Waals surface area contributed by atoms with E-state index in [0.29, 0.717) is 0 Å². The fraction of sp³-hybridized carbons (Fsp3) is 0.556. The molecular weight excluding hydrogens is 216 g/mol. The van der Waals surface area contributed by atoms with Gasteiger partial charge in [-0.05, 0) is 22.9 Å². The maximum Gasteiger partial charge on any atom is 0.124 e. The van der Waals surface area contributed by atoms with E-state index in [1.165, 1.54) is 0 Å². The van der Waals surface area contributed by atoms with Crippen LogP contribution >= 0.6 is 15.9 Å². The summed E-state index contributed by atoms with van der Waals surface area (Å²) < 4.78 is 0.804. The van der Waals surface area contributed by atoms with E-state index in [-0.39, 0.29) is 5.41 Å². The zero-order valence-corrected chi connectivity index (χ0v) is 9.44. The Morgan fingerprint density at radius 3 is 2.33 bits per heavy atom. The molecule has 12 heavy (non-hydrogen) atoms. The van der Waals surface area contributed by atoms with Gasteiger partial charge in [0.05, 0.1) is 17.6 Å². The Morgan fingerprint density at radius 2 is 1.92 bits per heavy atom. The van der Waals surface area contributed by atoms with Crippen LogP contribution in [0.2, 0.25) is 0 Å². The van der Waals surface area contributed by atoms with Crippen LogP contribution in [-0.4, -0.2) is 9.97 Å². The number of halogens is 1. The lowest BCUT2D eigenvalue weighted by atomic mass is 9.91. The molecular formula is C9H13BrN2. The van der Waals surface area contributed by atoms with Crippen molar-refractivity contribution in [2.45, 2.75) is 33.1 Å². The number of hydrogen-bond acceptors (Lipinski definition) is 2. The van der Waals surface area contributed by atoms with Crippen LogP contribution < -0.4 is 0 Å². The second-order valence-electron chi connectivity index (χ2n) is 3.88. The first-order valence-corrected chi connectivity index (χ1v) is 4.70. The van der Waals surface area contributed by atoms with Crippen molar-refractivity contribution in [2.75, 3.05) is 0 Å². The molecule has 0 aliphatic rings. The predicted molar refractivity (Wildman–Crippen MR) is 53.2 cm³/mol. The second-order valence-corrected chi connectivity index (χ2v) is 4.69. The van der Waals surface area contributed by atoms with Gasteiger partial charge in [-0.1, -0.05) is 20.8 Å². The number of nitrogens with zero attached hydrogens (tertiary/aromatic N) is 2. The van der Waals surface area contributed by atoms with Crippen molar-refractivity contribution in [1.82, 2.24) is 9.97 Å². The summed E-state index contributed by atoms with van der Waals surface area (Å²) >= 11 is 3.32. The Kier molecular flexibility index (Phi) is 2.52. The Labute approximate surface area is 81.6 Å². The molecule has 0 aromatic carbocycles. The lowest BCUT2D eigenvalue weighted by Crippen LogP contribution is -2.16. The SMILES string of the molecule is Cc1ncc(Br)nc1C(C)(C)C. The number of hydrogen-bond donors (Lipinski definition) is 0. The lowest BCUT2D eigenvalue weighted by Gasteiger charge is -2.19. The molecule has 0 aliphatic carbocycles. The third-order valence-corrected chi connectivity index (χ3v) is 2.02. The van der Waals surface area contributed by atoms with Crippen LogP contribution in [0.1, 0.15) is 32.2 Å². The number of aryl methyl sites for hydroxylation is 1. The van der Waals surface area contributed by atoms with Crippen molar-refractivity contribution in [1.29, 1.82) is 0 Å². The second kappa shape index (κ2) is 3.13. The first kappa shape index (κ1) is 9.65. The minimum atomic E-state index is 0.0703. The molecule has 66 valence electrons. The van der Waals surface area contributed by atoms with Crippen molar-refractivity contribution in [3.05, 3.63) is 22.2 Å². The van der Waals surface area contributed by atoms with Gasteiger partial charge in [-0.3, -0.25) is 4.98 Å². The first-order valence-electron chi connectivity index (χ1n) is 3.91. The molecule has 0 aliphatic heterocycles. The Hall–Kier alpha value is -0.440. The molecule has 2 nitrogen and oxygen atoms in total. The van der Waals surface area contributed by atoms with Gasteiger partial charge in [0, 0.05) is 5.41 Å². The van der Waals surface area contributed by atoms with Crippen LogP contribution in [0.4, 0.5) is 0 Å². The molecule has 0 unspecified atom stereocenters. The third kappa shape index (κ3) is 2.03. The average molecular weight is 229 g/mol. The summed E-state index contributed by atoms with van der Waals surface area (Å²) in [5.41, 5.74) is 2.13. The van der Waals surface area contributed by atoms with Crippen LogP contribution in [0.15, 0.2) is 10.8 Å². The highest BCUT2D eigenvalue weighted by Gasteiger charge is 2.18. The maximum absolute atomic E-state index is 4.40. The van der Waals surface area contributed by atoms with Crippen molar-refractivity contribution in [3.63, 3.8) is 0 Å². The highest BCUT2D eigenvalue weighted by molar-refractivity contribution is 9.10. The quantitative estimate of drug-likeness (QED) is 0.683. The highest BCUT2D eigenvalue weighted by atomic mass is 79.9. The normalized spacial score (nSPS) is 11.8. The molecule has 3 heteroatoms. The van der Waals surface area contributed by atoms with E-state index in [4.69, 9.17) is 0 Å². The number of rotatable bonds is 0. The molecule has 0 bridgehead atoms.